The number of hydrogen-bond donors (Lipinski definition) is 2. The maximum Gasteiger partial charge on any atom is 0.271 e. The summed E-state index contributed by atoms with van der Waals surface area (Å²) in [6, 6.07) is 9.00. The quantitative estimate of drug-likeness (QED) is 0.472. The lowest BCUT2D eigenvalue weighted by molar-refractivity contribution is 0.0946. The minimum atomic E-state index is -0.296. The summed E-state index contributed by atoms with van der Waals surface area (Å²) in [5.74, 6) is 2.46. The summed E-state index contributed by atoms with van der Waals surface area (Å²) in [5, 5.41) is 8.29. The molecule has 0 radical (unpaired) electrons. The number of hydrogen-bond acceptors (Lipinski definition) is 9. The molecule has 1 amide bonds. The minimum absolute atomic E-state index is 0.269. The number of carbonyl (C=O) groups excluding carboxylic acids is 1. The smallest absolute Gasteiger partial charge is 0.271 e. The van der Waals surface area contributed by atoms with E-state index >= 15 is 0 Å². The Labute approximate surface area is 190 Å². The van der Waals surface area contributed by atoms with Crippen LogP contribution in [-0.4, -0.2) is 46.4 Å². The van der Waals surface area contributed by atoms with E-state index in [0.717, 1.165) is 11.3 Å². The number of nitrogens with zero attached hydrogens (tertiary/aromatic N) is 1. The van der Waals surface area contributed by atoms with Gasteiger partial charge in [-0.2, -0.15) is 0 Å². The van der Waals surface area contributed by atoms with Crippen molar-refractivity contribution in [2.45, 2.75) is 6.54 Å². The van der Waals surface area contributed by atoms with Crippen molar-refractivity contribution in [1.82, 2.24) is 10.3 Å². The van der Waals surface area contributed by atoms with E-state index in [0.29, 0.717) is 39.6 Å². The molecule has 0 unspecified atom stereocenters. The number of benzene rings is 2. The number of nitrogens with one attached hydrogen (secondary N) is 2. The molecule has 32 heavy (non-hydrogen) atoms. The number of ether oxygens (including phenoxy) is 5. The van der Waals surface area contributed by atoms with Gasteiger partial charge in [0.2, 0.25) is 5.75 Å². The number of anilines is 2. The second-order valence-corrected chi connectivity index (χ2v) is 7.31. The average Bonchev–Trinajstić information content (AvgIpc) is 3.30. The van der Waals surface area contributed by atoms with Gasteiger partial charge in [-0.15, -0.1) is 11.3 Å². The lowest BCUT2D eigenvalue weighted by Gasteiger charge is -2.14. The summed E-state index contributed by atoms with van der Waals surface area (Å²) < 4.78 is 26.6. The van der Waals surface area contributed by atoms with Gasteiger partial charge in [-0.1, -0.05) is 0 Å². The Balaban J connectivity index is 1.66. The number of thiazole rings is 1. The Bertz CT molecular complexity index is 1060. The molecule has 2 aromatic carbocycles. The van der Waals surface area contributed by atoms with Crippen LogP contribution in [0.2, 0.25) is 0 Å². The predicted molar refractivity (Wildman–Crippen MR) is 122 cm³/mol. The fourth-order valence-corrected chi connectivity index (χ4v) is 3.69. The topological polar surface area (TPSA) is 100 Å². The molecule has 3 aromatic rings. The van der Waals surface area contributed by atoms with Crippen LogP contribution in [0.15, 0.2) is 35.7 Å². The fourth-order valence-electron chi connectivity index (χ4n) is 2.98. The van der Waals surface area contributed by atoms with Gasteiger partial charge in [0.1, 0.15) is 5.69 Å². The average molecular weight is 460 g/mol. The number of carbonyl (C=O) groups is 1. The first kappa shape index (κ1) is 23.0. The number of methoxy groups -OCH3 is 5. The van der Waals surface area contributed by atoms with E-state index in [-0.39, 0.29) is 12.5 Å². The maximum absolute atomic E-state index is 12.6. The molecule has 0 aliphatic rings. The zero-order valence-electron chi connectivity index (χ0n) is 18.5. The van der Waals surface area contributed by atoms with Crippen molar-refractivity contribution in [2.75, 3.05) is 40.9 Å². The minimum Gasteiger partial charge on any atom is -0.493 e. The Morgan fingerprint density at radius 3 is 2.12 bits per heavy atom. The molecule has 1 heterocycles. The Hall–Kier alpha value is -3.66. The van der Waals surface area contributed by atoms with Crippen LogP contribution in [-0.2, 0) is 6.54 Å². The van der Waals surface area contributed by atoms with E-state index in [1.165, 1.54) is 18.4 Å². The highest BCUT2D eigenvalue weighted by atomic mass is 32.1. The summed E-state index contributed by atoms with van der Waals surface area (Å²) in [6.07, 6.45) is 0. The first-order chi connectivity index (χ1) is 15.5. The predicted octanol–water partition coefficient (Wildman–Crippen LogP) is 3.86. The Morgan fingerprint density at radius 2 is 1.53 bits per heavy atom. The third-order valence-electron chi connectivity index (χ3n) is 4.55. The molecular weight excluding hydrogens is 434 g/mol. The van der Waals surface area contributed by atoms with E-state index in [1.807, 2.05) is 6.07 Å². The molecule has 0 fully saturated rings. The summed E-state index contributed by atoms with van der Waals surface area (Å²) in [4.78, 5) is 16.9. The number of amides is 1. The van der Waals surface area contributed by atoms with E-state index in [2.05, 4.69) is 15.6 Å². The van der Waals surface area contributed by atoms with Crippen LogP contribution in [0, 0.1) is 0 Å². The molecule has 1 aromatic heterocycles. The summed E-state index contributed by atoms with van der Waals surface area (Å²) in [6.45, 7) is 0.269. The lowest BCUT2D eigenvalue weighted by atomic mass is 10.1. The molecule has 9 nitrogen and oxygen atoms in total. The summed E-state index contributed by atoms with van der Waals surface area (Å²) >= 11 is 1.32. The monoisotopic (exact) mass is 459 g/mol. The molecule has 0 saturated carbocycles. The summed E-state index contributed by atoms with van der Waals surface area (Å²) in [7, 11) is 7.78. The fraction of sp³-hybridized carbons (Fsp3) is 0.273. The van der Waals surface area contributed by atoms with Crippen molar-refractivity contribution in [3.63, 3.8) is 0 Å². The zero-order chi connectivity index (χ0) is 23.1. The van der Waals surface area contributed by atoms with Gasteiger partial charge in [-0.25, -0.2) is 4.98 Å². The highest BCUT2D eigenvalue weighted by Gasteiger charge is 2.15. The second-order valence-electron chi connectivity index (χ2n) is 6.45. The van der Waals surface area contributed by atoms with Crippen molar-refractivity contribution >= 4 is 28.1 Å². The van der Waals surface area contributed by atoms with Crippen LogP contribution in [0.3, 0.4) is 0 Å². The van der Waals surface area contributed by atoms with Crippen LogP contribution < -0.4 is 34.3 Å². The van der Waals surface area contributed by atoms with Gasteiger partial charge in [0.25, 0.3) is 5.91 Å². The van der Waals surface area contributed by atoms with Gasteiger partial charge in [-0.3, -0.25) is 4.79 Å². The molecule has 170 valence electrons. The lowest BCUT2D eigenvalue weighted by Crippen LogP contribution is -2.23. The SMILES string of the molecule is COc1ccc(Nc2nc(C(=O)NCc3cc(OC)c(OC)c(OC)c3)cs2)cc1OC. The van der Waals surface area contributed by atoms with Crippen LogP contribution in [0.1, 0.15) is 16.1 Å². The normalized spacial score (nSPS) is 10.3. The van der Waals surface area contributed by atoms with E-state index < -0.39 is 0 Å². The largest absolute Gasteiger partial charge is 0.493 e. The molecule has 0 atom stereocenters. The van der Waals surface area contributed by atoms with Gasteiger partial charge < -0.3 is 34.3 Å². The number of rotatable bonds is 10. The zero-order valence-corrected chi connectivity index (χ0v) is 19.3. The van der Waals surface area contributed by atoms with Crippen LogP contribution in [0.25, 0.3) is 0 Å². The second kappa shape index (κ2) is 10.6. The van der Waals surface area contributed by atoms with Gasteiger partial charge in [0.05, 0.1) is 35.5 Å². The van der Waals surface area contributed by atoms with Crippen LogP contribution in [0.4, 0.5) is 10.8 Å². The van der Waals surface area contributed by atoms with Crippen molar-refractivity contribution in [3.8, 4) is 28.7 Å². The number of aromatic nitrogens is 1. The molecule has 3 rings (SSSR count). The molecule has 0 spiro atoms. The van der Waals surface area contributed by atoms with Crippen molar-refractivity contribution in [2.24, 2.45) is 0 Å². The molecule has 0 saturated heterocycles. The van der Waals surface area contributed by atoms with E-state index in [1.54, 1.807) is 58.1 Å². The van der Waals surface area contributed by atoms with Crippen LogP contribution in [0.5, 0.6) is 28.7 Å². The first-order valence-electron chi connectivity index (χ1n) is 9.54. The molecular formula is C22H25N3O6S. The van der Waals surface area contributed by atoms with E-state index in [4.69, 9.17) is 23.7 Å². The molecule has 0 aliphatic heterocycles. The van der Waals surface area contributed by atoms with Gasteiger partial charge >= 0.3 is 0 Å². The molecule has 10 heteroatoms. The third-order valence-corrected chi connectivity index (χ3v) is 5.31. The Morgan fingerprint density at radius 1 is 0.875 bits per heavy atom. The maximum atomic E-state index is 12.6. The standard InChI is InChI=1S/C22H25N3O6S/c1-27-16-7-6-14(10-17(16)28-2)24-22-25-15(12-32-22)21(26)23-11-13-8-18(29-3)20(31-5)19(9-13)30-4/h6-10,12H,11H2,1-5H3,(H,23,26)(H,24,25). The molecule has 0 aliphatic carbocycles. The summed E-state index contributed by atoms with van der Waals surface area (Å²) in [5.41, 5.74) is 1.87. The van der Waals surface area contributed by atoms with Crippen molar-refractivity contribution in [1.29, 1.82) is 0 Å². The van der Waals surface area contributed by atoms with Gasteiger partial charge in [-0.05, 0) is 29.8 Å². The van der Waals surface area contributed by atoms with Crippen molar-refractivity contribution in [3.05, 3.63) is 47.0 Å². The van der Waals surface area contributed by atoms with Gasteiger partial charge in [0, 0.05) is 23.7 Å². The molecule has 0 bridgehead atoms. The van der Waals surface area contributed by atoms with Crippen molar-refractivity contribution < 1.29 is 28.5 Å². The molecule has 2 N–H and O–H groups in total. The Kier molecular flexibility index (Phi) is 7.61. The third kappa shape index (κ3) is 5.14. The van der Waals surface area contributed by atoms with Crippen LogP contribution >= 0.6 is 11.3 Å². The van der Waals surface area contributed by atoms with E-state index in [9.17, 15) is 4.79 Å². The highest BCUT2D eigenvalue weighted by Crippen LogP contribution is 2.38. The van der Waals surface area contributed by atoms with Gasteiger partial charge in [0.15, 0.2) is 28.1 Å². The highest BCUT2D eigenvalue weighted by molar-refractivity contribution is 7.14. The first-order valence-corrected chi connectivity index (χ1v) is 10.4.